The van der Waals surface area contributed by atoms with Crippen molar-refractivity contribution in [3.8, 4) is 5.75 Å². The molecule has 54 valence electrons. The summed E-state index contributed by atoms with van der Waals surface area (Å²) in [5.41, 5.74) is 0. The van der Waals surface area contributed by atoms with E-state index >= 15 is 0 Å². The van der Waals surface area contributed by atoms with Crippen molar-refractivity contribution in [3.05, 3.63) is 23.2 Å². The molecule has 2 nitrogen and oxygen atoms in total. The molecule has 0 atom stereocenters. The van der Waals surface area contributed by atoms with E-state index in [4.69, 9.17) is 11.6 Å². The maximum Gasteiger partial charge on any atom is 0.164 e. The Kier molecular flexibility index (Phi) is 2.06. The van der Waals surface area contributed by atoms with Crippen LogP contribution in [0.1, 0.15) is 0 Å². The summed E-state index contributed by atoms with van der Waals surface area (Å²) in [6.07, 6.45) is 1.35. The summed E-state index contributed by atoms with van der Waals surface area (Å²) in [4.78, 5) is 3.51. The van der Waals surface area contributed by atoms with Crippen molar-refractivity contribution in [1.29, 1.82) is 0 Å². The number of methoxy groups -OCH3 is 1. The minimum absolute atomic E-state index is 0.138. The summed E-state index contributed by atoms with van der Waals surface area (Å²) < 4.78 is 17.2. The van der Waals surface area contributed by atoms with Crippen molar-refractivity contribution in [2.45, 2.75) is 0 Å². The molecule has 0 radical (unpaired) electrons. The second-order valence-electron chi connectivity index (χ2n) is 1.65. The molecule has 0 aliphatic rings. The molecule has 0 N–H and O–H groups in total. The first-order chi connectivity index (χ1) is 4.74. The van der Waals surface area contributed by atoms with Crippen molar-refractivity contribution < 1.29 is 9.13 Å². The van der Waals surface area contributed by atoms with Gasteiger partial charge in [-0.05, 0) is 0 Å². The Morgan fingerprint density at radius 2 is 2.40 bits per heavy atom. The fraction of sp³-hybridized carbons (Fsp3) is 0.167. The number of pyridine rings is 1. The Labute approximate surface area is 62.6 Å². The highest BCUT2D eigenvalue weighted by Gasteiger charge is 2.00. The van der Waals surface area contributed by atoms with Crippen LogP contribution in [0.15, 0.2) is 12.3 Å². The van der Waals surface area contributed by atoms with Gasteiger partial charge in [-0.1, -0.05) is 11.6 Å². The van der Waals surface area contributed by atoms with Crippen LogP contribution in [0.2, 0.25) is 5.15 Å². The SMILES string of the molecule is COc1cnc(Cl)c(F)c1. The van der Waals surface area contributed by atoms with Crippen molar-refractivity contribution in [1.82, 2.24) is 4.98 Å². The van der Waals surface area contributed by atoms with Gasteiger partial charge in [0, 0.05) is 6.07 Å². The van der Waals surface area contributed by atoms with E-state index in [0.717, 1.165) is 0 Å². The third kappa shape index (κ3) is 1.36. The van der Waals surface area contributed by atoms with Crippen LogP contribution in [0.25, 0.3) is 0 Å². The van der Waals surface area contributed by atoms with Crippen LogP contribution in [0.3, 0.4) is 0 Å². The minimum atomic E-state index is -0.569. The predicted molar refractivity (Wildman–Crippen MR) is 35.8 cm³/mol. The molecule has 0 fully saturated rings. The van der Waals surface area contributed by atoms with Gasteiger partial charge in [-0.25, -0.2) is 9.37 Å². The summed E-state index contributed by atoms with van der Waals surface area (Å²) in [7, 11) is 1.43. The third-order valence-electron chi connectivity index (χ3n) is 1.01. The molecule has 0 saturated heterocycles. The summed E-state index contributed by atoms with van der Waals surface area (Å²) in [5, 5.41) is -0.138. The Morgan fingerprint density at radius 3 is 2.90 bits per heavy atom. The monoisotopic (exact) mass is 161 g/mol. The highest BCUT2D eigenvalue weighted by molar-refractivity contribution is 6.29. The van der Waals surface area contributed by atoms with Crippen LogP contribution in [0.4, 0.5) is 4.39 Å². The Balaban J connectivity index is 3.04. The number of rotatable bonds is 1. The lowest BCUT2D eigenvalue weighted by molar-refractivity contribution is 0.409. The number of nitrogens with zero attached hydrogens (tertiary/aromatic N) is 1. The largest absolute Gasteiger partial charge is 0.495 e. The van der Waals surface area contributed by atoms with Gasteiger partial charge in [0.1, 0.15) is 5.75 Å². The zero-order valence-corrected chi connectivity index (χ0v) is 6.02. The Bertz CT molecular complexity index is 241. The van der Waals surface area contributed by atoms with Crippen molar-refractivity contribution in [2.24, 2.45) is 0 Å². The molecule has 1 heterocycles. The maximum atomic E-state index is 12.5. The minimum Gasteiger partial charge on any atom is -0.495 e. The Hall–Kier alpha value is -0.830. The second kappa shape index (κ2) is 2.84. The van der Waals surface area contributed by atoms with Crippen LogP contribution in [0, 0.1) is 5.82 Å². The van der Waals surface area contributed by atoms with Crippen molar-refractivity contribution in [2.75, 3.05) is 7.11 Å². The summed E-state index contributed by atoms with van der Waals surface area (Å²) in [6, 6.07) is 1.18. The first-order valence-electron chi connectivity index (χ1n) is 2.59. The lowest BCUT2D eigenvalue weighted by Gasteiger charge is -1.97. The van der Waals surface area contributed by atoms with Crippen LogP contribution in [-0.2, 0) is 0 Å². The van der Waals surface area contributed by atoms with Gasteiger partial charge in [-0.2, -0.15) is 0 Å². The van der Waals surface area contributed by atoms with Crippen LogP contribution in [-0.4, -0.2) is 12.1 Å². The number of halogens is 2. The first kappa shape index (κ1) is 7.28. The van der Waals surface area contributed by atoms with Gasteiger partial charge in [0.05, 0.1) is 13.3 Å². The van der Waals surface area contributed by atoms with Gasteiger partial charge >= 0.3 is 0 Å². The molecule has 10 heavy (non-hydrogen) atoms. The molecule has 0 amide bonds. The molecule has 1 aromatic heterocycles. The van der Waals surface area contributed by atoms with E-state index in [1.54, 1.807) is 0 Å². The fourth-order valence-corrected chi connectivity index (χ4v) is 0.619. The first-order valence-corrected chi connectivity index (χ1v) is 2.97. The molecular formula is C6H5ClFNO. The highest BCUT2D eigenvalue weighted by atomic mass is 35.5. The van der Waals surface area contributed by atoms with Crippen LogP contribution >= 0.6 is 11.6 Å². The maximum absolute atomic E-state index is 12.5. The molecule has 0 unspecified atom stereocenters. The molecule has 0 spiro atoms. The quantitative estimate of drug-likeness (QED) is 0.587. The number of ether oxygens (including phenoxy) is 1. The van der Waals surface area contributed by atoms with Crippen LogP contribution in [0.5, 0.6) is 5.75 Å². The molecule has 4 heteroatoms. The zero-order chi connectivity index (χ0) is 7.56. The lowest BCUT2D eigenvalue weighted by atomic mass is 10.4. The van der Waals surface area contributed by atoms with E-state index in [-0.39, 0.29) is 5.15 Å². The summed E-state index contributed by atoms with van der Waals surface area (Å²) >= 11 is 5.30. The van der Waals surface area contributed by atoms with Crippen molar-refractivity contribution in [3.63, 3.8) is 0 Å². The van der Waals surface area contributed by atoms with E-state index in [9.17, 15) is 4.39 Å². The second-order valence-corrected chi connectivity index (χ2v) is 2.01. The standard InChI is InChI=1S/C6H5ClFNO/c1-10-4-2-5(8)6(7)9-3-4/h2-3H,1H3. The van der Waals surface area contributed by atoms with E-state index < -0.39 is 5.82 Å². The molecule has 0 saturated carbocycles. The number of aromatic nitrogens is 1. The highest BCUT2D eigenvalue weighted by Crippen LogP contribution is 2.16. The predicted octanol–water partition coefficient (Wildman–Crippen LogP) is 1.88. The fourth-order valence-electron chi connectivity index (χ4n) is 0.515. The van der Waals surface area contributed by atoms with E-state index in [1.807, 2.05) is 0 Å². The smallest absolute Gasteiger partial charge is 0.164 e. The van der Waals surface area contributed by atoms with Crippen molar-refractivity contribution >= 4 is 11.6 Å². The van der Waals surface area contributed by atoms with Gasteiger partial charge in [0.2, 0.25) is 0 Å². The lowest BCUT2D eigenvalue weighted by Crippen LogP contribution is -1.87. The van der Waals surface area contributed by atoms with Crippen LogP contribution < -0.4 is 4.74 Å². The Morgan fingerprint density at radius 1 is 1.70 bits per heavy atom. The molecule has 1 rings (SSSR count). The normalized spacial score (nSPS) is 9.50. The van der Waals surface area contributed by atoms with E-state index in [0.29, 0.717) is 5.75 Å². The van der Waals surface area contributed by atoms with Gasteiger partial charge in [0.25, 0.3) is 0 Å². The molecule has 0 aliphatic heterocycles. The summed E-state index contributed by atoms with van der Waals surface area (Å²) in [5.74, 6) is -0.206. The molecule has 0 bridgehead atoms. The van der Waals surface area contributed by atoms with E-state index in [2.05, 4.69) is 9.72 Å². The van der Waals surface area contributed by atoms with Gasteiger partial charge in [0.15, 0.2) is 11.0 Å². The average molecular weight is 162 g/mol. The number of hydrogen-bond donors (Lipinski definition) is 0. The van der Waals surface area contributed by atoms with Gasteiger partial charge < -0.3 is 4.74 Å². The van der Waals surface area contributed by atoms with Gasteiger partial charge in [-0.15, -0.1) is 0 Å². The van der Waals surface area contributed by atoms with Gasteiger partial charge in [-0.3, -0.25) is 0 Å². The molecule has 0 aliphatic carbocycles. The summed E-state index contributed by atoms with van der Waals surface area (Å²) in [6.45, 7) is 0. The topological polar surface area (TPSA) is 22.1 Å². The third-order valence-corrected chi connectivity index (χ3v) is 1.29. The molecule has 1 aromatic rings. The molecular weight excluding hydrogens is 157 g/mol. The number of hydrogen-bond acceptors (Lipinski definition) is 2. The molecule has 0 aromatic carbocycles. The average Bonchev–Trinajstić information content (AvgIpc) is 1.95. The zero-order valence-electron chi connectivity index (χ0n) is 5.27. The van der Waals surface area contributed by atoms with E-state index in [1.165, 1.54) is 19.4 Å².